The topological polar surface area (TPSA) is 119 Å². The molecule has 0 aliphatic carbocycles. The van der Waals surface area contributed by atoms with E-state index < -0.39 is 27.4 Å². The third-order valence-corrected chi connectivity index (χ3v) is 5.30. The third-order valence-electron chi connectivity index (χ3n) is 4.18. The minimum absolute atomic E-state index is 0.0894. The van der Waals surface area contributed by atoms with Gasteiger partial charge in [0.25, 0.3) is 5.69 Å². The highest BCUT2D eigenvalue weighted by Crippen LogP contribution is 2.29. The molecule has 0 saturated carbocycles. The van der Waals surface area contributed by atoms with Crippen LogP contribution in [0, 0.1) is 17.0 Å². The lowest BCUT2D eigenvalue weighted by molar-refractivity contribution is -0.385. The van der Waals surface area contributed by atoms with E-state index in [1.807, 2.05) is 13.0 Å². The number of nitrogens with one attached hydrogen (secondary N) is 1. The van der Waals surface area contributed by atoms with Gasteiger partial charge in [-0.05, 0) is 26.0 Å². The largest absolute Gasteiger partial charge is 0.494 e. The van der Waals surface area contributed by atoms with Crippen LogP contribution in [0.25, 0.3) is 0 Å². The molecule has 0 heterocycles. The van der Waals surface area contributed by atoms with E-state index in [0.717, 1.165) is 16.1 Å². The first kappa shape index (κ1) is 22.2. The van der Waals surface area contributed by atoms with Gasteiger partial charge < -0.3 is 10.1 Å². The highest BCUT2D eigenvalue weighted by Gasteiger charge is 2.25. The number of para-hydroxylation sites is 1. The highest BCUT2D eigenvalue weighted by atomic mass is 32.2. The van der Waals surface area contributed by atoms with Crippen LogP contribution >= 0.6 is 0 Å². The summed E-state index contributed by atoms with van der Waals surface area (Å²) in [4.78, 5) is 23.0. The van der Waals surface area contributed by atoms with Crippen molar-refractivity contribution in [2.24, 2.45) is 0 Å². The molecule has 29 heavy (non-hydrogen) atoms. The molecule has 0 bridgehead atoms. The summed E-state index contributed by atoms with van der Waals surface area (Å²) in [6.45, 7) is 3.42. The van der Waals surface area contributed by atoms with Gasteiger partial charge in [0.1, 0.15) is 12.3 Å². The molecule has 0 unspecified atom stereocenters. The third kappa shape index (κ3) is 5.67. The molecule has 0 saturated heterocycles. The molecule has 156 valence electrons. The zero-order valence-corrected chi connectivity index (χ0v) is 17.2. The lowest BCUT2D eigenvalue weighted by Gasteiger charge is -2.23. The van der Waals surface area contributed by atoms with Crippen LogP contribution in [0.2, 0.25) is 0 Å². The fourth-order valence-electron chi connectivity index (χ4n) is 2.79. The molecule has 1 amide bonds. The van der Waals surface area contributed by atoms with Gasteiger partial charge in [-0.25, -0.2) is 8.42 Å². The first-order chi connectivity index (χ1) is 13.6. The molecule has 0 aliphatic rings. The van der Waals surface area contributed by atoms with E-state index in [4.69, 9.17) is 4.74 Å². The maximum Gasteiger partial charge on any atom is 0.274 e. The fraction of sp³-hybridized carbons (Fsp3) is 0.316. The van der Waals surface area contributed by atoms with Gasteiger partial charge >= 0.3 is 0 Å². The maximum absolute atomic E-state index is 12.5. The van der Waals surface area contributed by atoms with Gasteiger partial charge in [0.15, 0.2) is 0 Å². The number of sulfonamides is 1. The van der Waals surface area contributed by atoms with Gasteiger partial charge in [-0.15, -0.1) is 0 Å². The monoisotopic (exact) mass is 421 g/mol. The van der Waals surface area contributed by atoms with Crippen LogP contribution in [-0.2, 0) is 21.4 Å². The maximum atomic E-state index is 12.5. The molecular weight excluding hydrogens is 398 g/mol. The van der Waals surface area contributed by atoms with Crippen molar-refractivity contribution in [2.45, 2.75) is 20.4 Å². The van der Waals surface area contributed by atoms with Gasteiger partial charge in [0, 0.05) is 18.2 Å². The Kier molecular flexibility index (Phi) is 7.16. The van der Waals surface area contributed by atoms with Crippen molar-refractivity contribution in [3.8, 4) is 5.75 Å². The van der Waals surface area contributed by atoms with Gasteiger partial charge in [-0.1, -0.05) is 24.3 Å². The molecule has 0 aliphatic heterocycles. The average molecular weight is 421 g/mol. The molecule has 2 aromatic carbocycles. The normalized spacial score (nSPS) is 11.0. The highest BCUT2D eigenvalue weighted by molar-refractivity contribution is 7.92. The van der Waals surface area contributed by atoms with Crippen molar-refractivity contribution in [1.29, 1.82) is 0 Å². The number of benzene rings is 2. The van der Waals surface area contributed by atoms with E-state index in [1.54, 1.807) is 18.2 Å². The molecule has 1 N–H and O–H groups in total. The van der Waals surface area contributed by atoms with Crippen molar-refractivity contribution < 1.29 is 22.9 Å². The van der Waals surface area contributed by atoms with Crippen molar-refractivity contribution in [2.75, 3.05) is 23.7 Å². The van der Waals surface area contributed by atoms with Gasteiger partial charge in [0.2, 0.25) is 15.9 Å². The smallest absolute Gasteiger partial charge is 0.274 e. The van der Waals surface area contributed by atoms with E-state index in [-0.39, 0.29) is 23.5 Å². The number of hydrogen-bond acceptors (Lipinski definition) is 6. The Hall–Kier alpha value is -3.14. The van der Waals surface area contributed by atoms with Crippen LogP contribution in [0.5, 0.6) is 5.75 Å². The zero-order valence-electron chi connectivity index (χ0n) is 16.4. The Morgan fingerprint density at radius 3 is 2.52 bits per heavy atom. The molecule has 2 rings (SSSR count). The first-order valence-corrected chi connectivity index (χ1v) is 10.7. The second-order valence-electron chi connectivity index (χ2n) is 6.27. The summed E-state index contributed by atoms with van der Waals surface area (Å²) in [6, 6.07) is 11.3. The number of hydrogen-bond donors (Lipinski definition) is 1. The van der Waals surface area contributed by atoms with Crippen molar-refractivity contribution in [1.82, 2.24) is 5.32 Å². The van der Waals surface area contributed by atoms with Crippen molar-refractivity contribution >= 4 is 27.3 Å². The Labute approximate surface area is 169 Å². The van der Waals surface area contributed by atoms with Crippen LogP contribution in [0.15, 0.2) is 42.5 Å². The predicted octanol–water partition coefficient (Wildman–Crippen LogP) is 2.38. The molecular formula is C19H23N3O6S. The molecule has 0 radical (unpaired) electrons. The van der Waals surface area contributed by atoms with Gasteiger partial charge in [-0.2, -0.15) is 0 Å². The summed E-state index contributed by atoms with van der Waals surface area (Å²) in [5.41, 5.74) is 0.784. The van der Waals surface area contributed by atoms with Crippen molar-refractivity contribution in [3.05, 3.63) is 63.7 Å². The zero-order chi connectivity index (χ0) is 21.6. The van der Waals surface area contributed by atoms with Gasteiger partial charge in [-0.3, -0.25) is 19.2 Å². The molecule has 2 aromatic rings. The predicted molar refractivity (Wildman–Crippen MR) is 109 cm³/mol. The summed E-state index contributed by atoms with van der Waals surface area (Å²) in [5.74, 6) is 0.0810. The summed E-state index contributed by atoms with van der Waals surface area (Å²) in [6.07, 6.45) is 0.947. The van der Waals surface area contributed by atoms with Crippen molar-refractivity contribution in [3.63, 3.8) is 0 Å². The van der Waals surface area contributed by atoms with E-state index in [2.05, 4.69) is 5.32 Å². The van der Waals surface area contributed by atoms with E-state index in [0.29, 0.717) is 12.4 Å². The summed E-state index contributed by atoms with van der Waals surface area (Å²) < 4.78 is 30.9. The average Bonchev–Trinajstić information content (AvgIpc) is 2.65. The van der Waals surface area contributed by atoms with Crippen LogP contribution in [0.1, 0.15) is 18.1 Å². The lowest BCUT2D eigenvalue weighted by atomic mass is 10.1. The van der Waals surface area contributed by atoms with Crippen LogP contribution in [0.3, 0.4) is 0 Å². The number of anilines is 1. The standard InChI is InChI=1S/C19H23N3O6S/c1-4-28-18-11-6-5-8-15(18)12-20-19(23)13-21(29(3,26)27)16-9-7-10-17(14(16)2)22(24)25/h5-11H,4,12-13H2,1-3H3,(H,20,23). The number of carbonyl (C=O) groups excluding carboxylic acids is 1. The van der Waals surface area contributed by atoms with E-state index in [1.165, 1.54) is 25.1 Å². The summed E-state index contributed by atoms with van der Waals surface area (Å²) in [7, 11) is -3.85. The Morgan fingerprint density at radius 2 is 1.90 bits per heavy atom. The summed E-state index contributed by atoms with van der Waals surface area (Å²) >= 11 is 0. The van der Waals surface area contributed by atoms with Gasteiger partial charge in [0.05, 0.1) is 29.0 Å². The minimum Gasteiger partial charge on any atom is -0.494 e. The molecule has 0 spiro atoms. The fourth-order valence-corrected chi connectivity index (χ4v) is 3.69. The molecule has 10 heteroatoms. The molecule has 9 nitrogen and oxygen atoms in total. The number of carbonyl (C=O) groups is 1. The molecule has 0 atom stereocenters. The summed E-state index contributed by atoms with van der Waals surface area (Å²) in [5, 5.41) is 13.8. The van der Waals surface area contributed by atoms with E-state index >= 15 is 0 Å². The Balaban J connectivity index is 2.21. The molecule has 0 fully saturated rings. The van der Waals surface area contributed by atoms with Crippen LogP contribution in [0.4, 0.5) is 11.4 Å². The van der Waals surface area contributed by atoms with E-state index in [9.17, 15) is 23.3 Å². The van der Waals surface area contributed by atoms with Crippen LogP contribution in [-0.4, -0.2) is 38.7 Å². The quantitative estimate of drug-likeness (QED) is 0.490. The minimum atomic E-state index is -3.85. The number of amides is 1. The SMILES string of the molecule is CCOc1ccccc1CNC(=O)CN(c1cccc([N+](=O)[O-])c1C)S(C)(=O)=O. The van der Waals surface area contributed by atoms with Crippen LogP contribution < -0.4 is 14.4 Å². The number of rotatable bonds is 9. The second kappa shape index (κ2) is 9.37. The number of nitro groups is 1. The Bertz CT molecular complexity index is 1010. The lowest BCUT2D eigenvalue weighted by Crippen LogP contribution is -2.40. The first-order valence-electron chi connectivity index (χ1n) is 8.84. The number of nitro benzene ring substituents is 1. The second-order valence-corrected chi connectivity index (χ2v) is 8.17. The Morgan fingerprint density at radius 1 is 1.21 bits per heavy atom. The number of nitrogens with zero attached hydrogens (tertiary/aromatic N) is 2. The molecule has 0 aromatic heterocycles. The number of ether oxygens (including phenoxy) is 1.